The van der Waals surface area contributed by atoms with Gasteiger partial charge in [-0.2, -0.15) is 11.8 Å². The Bertz CT molecular complexity index is 1620. The third-order valence-corrected chi connectivity index (χ3v) is 8.49. The maximum atomic E-state index is 12.4. The van der Waals surface area contributed by atoms with Crippen LogP contribution in [-0.4, -0.2) is 96.1 Å². The largest absolute Gasteiger partial charge is 0.467 e. The van der Waals surface area contributed by atoms with E-state index in [9.17, 15) is 27.6 Å². The number of methoxy groups -OCH3 is 4. The fraction of sp³-hybridized carbons (Fsp3) is 0.438. The van der Waals surface area contributed by atoms with Gasteiger partial charge in [-0.05, 0) is 24.9 Å². The van der Waals surface area contributed by atoms with Crippen molar-refractivity contribution in [3.8, 4) is 0 Å². The molecule has 0 aliphatic heterocycles. The van der Waals surface area contributed by atoms with Crippen molar-refractivity contribution in [3.05, 3.63) is 82.5 Å². The second-order valence-electron chi connectivity index (χ2n) is 10.4. The molecule has 0 fully saturated rings. The van der Waals surface area contributed by atoms with E-state index in [0.29, 0.717) is 29.1 Å². The Balaban J connectivity index is 0.000000482. The molecular weight excluding hydrogens is 665 g/mol. The van der Waals surface area contributed by atoms with Crippen molar-refractivity contribution >= 4 is 57.1 Å². The molecular formula is C32H40N4O10S2. The molecule has 0 aliphatic carbocycles. The van der Waals surface area contributed by atoms with Crippen molar-refractivity contribution in [1.82, 2.24) is 10.6 Å². The van der Waals surface area contributed by atoms with E-state index in [1.54, 1.807) is 54.2 Å². The van der Waals surface area contributed by atoms with E-state index in [-0.39, 0.29) is 25.0 Å². The number of ether oxygens (including phenoxy) is 4. The van der Waals surface area contributed by atoms with Crippen LogP contribution in [0.3, 0.4) is 0 Å². The lowest BCUT2D eigenvalue weighted by Gasteiger charge is -2.31. The second-order valence-corrected chi connectivity index (χ2v) is 13.7. The molecule has 0 saturated heterocycles. The number of alkyl carbamates (subject to hydrolysis) is 2. The first-order valence-electron chi connectivity index (χ1n) is 14.2. The number of sulfone groups is 1. The highest BCUT2D eigenvalue weighted by atomic mass is 32.2. The molecule has 0 aliphatic rings. The minimum absolute atomic E-state index is 0.0480. The van der Waals surface area contributed by atoms with Crippen molar-refractivity contribution in [2.75, 3.05) is 52.5 Å². The molecule has 260 valence electrons. The van der Waals surface area contributed by atoms with Crippen molar-refractivity contribution in [2.24, 2.45) is 0 Å². The van der Waals surface area contributed by atoms with Gasteiger partial charge in [0.2, 0.25) is 0 Å². The van der Waals surface area contributed by atoms with Crippen LogP contribution in [0.5, 0.6) is 0 Å². The van der Waals surface area contributed by atoms with Crippen molar-refractivity contribution in [2.45, 2.75) is 36.8 Å². The van der Waals surface area contributed by atoms with Gasteiger partial charge in [0, 0.05) is 19.1 Å². The molecule has 2 rings (SSSR count). The summed E-state index contributed by atoms with van der Waals surface area (Å²) >= 11 is 1.56. The van der Waals surface area contributed by atoms with Gasteiger partial charge >= 0.3 is 24.1 Å². The smallest absolute Gasteiger partial charge is 0.407 e. The summed E-state index contributed by atoms with van der Waals surface area (Å²) in [5.41, 5.74) is -0.691. The molecule has 2 unspecified atom stereocenters. The van der Waals surface area contributed by atoms with E-state index < -0.39 is 45.0 Å². The number of carbonyl (C=O) groups excluding carboxylic acids is 4. The summed E-state index contributed by atoms with van der Waals surface area (Å²) in [5.74, 6) is -1.02. The summed E-state index contributed by atoms with van der Waals surface area (Å²) < 4.78 is 42.0. The maximum absolute atomic E-state index is 12.4. The summed E-state index contributed by atoms with van der Waals surface area (Å²) in [7, 11) is 1.41. The molecule has 2 amide bonds. The minimum atomic E-state index is -3.40. The zero-order valence-electron chi connectivity index (χ0n) is 27.7. The lowest BCUT2D eigenvalue weighted by atomic mass is 9.88. The number of hydrogen-bond donors (Lipinski definition) is 2. The SMILES string of the molecule is [C-]#[N+]c1cccc(CC(CCS(C)(=O)=O)(NC(=O)OC)C(=O)OC)c1.[C-]#[N+]c1cccc(CC(CCSC)(NC(=O)OC)C(=O)OC)c1. The molecule has 0 radical (unpaired) electrons. The minimum Gasteiger partial charge on any atom is -0.467 e. The highest BCUT2D eigenvalue weighted by molar-refractivity contribution is 7.98. The van der Waals surface area contributed by atoms with Gasteiger partial charge in [-0.3, -0.25) is 0 Å². The topological polar surface area (TPSA) is 172 Å². The molecule has 16 heteroatoms. The van der Waals surface area contributed by atoms with Gasteiger partial charge in [-0.1, -0.05) is 59.7 Å². The molecule has 0 aromatic heterocycles. The number of nitrogens with zero attached hydrogens (tertiary/aromatic N) is 2. The molecule has 0 saturated carbocycles. The van der Waals surface area contributed by atoms with E-state index in [2.05, 4.69) is 29.8 Å². The highest BCUT2D eigenvalue weighted by Gasteiger charge is 2.43. The zero-order chi connectivity index (χ0) is 36.4. The summed E-state index contributed by atoms with van der Waals surface area (Å²) in [5, 5.41) is 5.04. The van der Waals surface area contributed by atoms with E-state index in [4.69, 9.17) is 22.6 Å². The van der Waals surface area contributed by atoms with Crippen LogP contribution in [0.25, 0.3) is 9.69 Å². The third-order valence-electron chi connectivity index (χ3n) is 6.93. The number of carbonyl (C=O) groups is 4. The third kappa shape index (κ3) is 13.1. The van der Waals surface area contributed by atoms with Crippen LogP contribution in [0.2, 0.25) is 0 Å². The number of nitrogens with one attached hydrogen (secondary N) is 2. The van der Waals surface area contributed by atoms with Gasteiger partial charge in [0.25, 0.3) is 0 Å². The number of rotatable bonds is 14. The Hall–Kier alpha value is -4.80. The molecule has 0 spiro atoms. The summed E-state index contributed by atoms with van der Waals surface area (Å²) in [6.07, 6.45) is 1.73. The molecule has 48 heavy (non-hydrogen) atoms. The normalized spacial score (nSPS) is 12.9. The summed E-state index contributed by atoms with van der Waals surface area (Å²) in [6, 6.07) is 13.4. The monoisotopic (exact) mass is 704 g/mol. The molecule has 14 nitrogen and oxygen atoms in total. The van der Waals surface area contributed by atoms with Gasteiger partial charge < -0.3 is 29.6 Å². The first-order chi connectivity index (χ1) is 22.7. The fourth-order valence-corrected chi connectivity index (χ4v) is 5.80. The van der Waals surface area contributed by atoms with Gasteiger partial charge in [0.05, 0.1) is 47.3 Å². The summed E-state index contributed by atoms with van der Waals surface area (Å²) in [6.45, 7) is 14.1. The van der Waals surface area contributed by atoms with Crippen LogP contribution >= 0.6 is 11.8 Å². The zero-order valence-corrected chi connectivity index (χ0v) is 29.3. The molecule has 2 aromatic carbocycles. The second kappa shape index (κ2) is 19.8. The van der Waals surface area contributed by atoms with Gasteiger partial charge in [-0.25, -0.2) is 37.3 Å². The lowest BCUT2D eigenvalue weighted by Crippen LogP contribution is -2.57. The average Bonchev–Trinajstić information content (AvgIpc) is 3.08. The van der Waals surface area contributed by atoms with Crippen LogP contribution in [0.1, 0.15) is 24.0 Å². The average molecular weight is 705 g/mol. The van der Waals surface area contributed by atoms with Crippen molar-refractivity contribution < 1.29 is 46.5 Å². The van der Waals surface area contributed by atoms with E-state index in [1.165, 1.54) is 14.2 Å². The van der Waals surface area contributed by atoms with Crippen LogP contribution < -0.4 is 10.6 Å². The Kier molecular flexibility index (Phi) is 17.0. The van der Waals surface area contributed by atoms with E-state index in [0.717, 1.165) is 26.0 Å². The number of amides is 2. The number of esters is 2. The standard InChI is InChI=1S/C16H20N2O6S.C16H20N2O4S/c1-17-13-7-5-6-12(10-13)11-16(14(19)23-2,18-15(20)24-3)8-9-25(4,21)22;1-17-13-7-5-6-12(10-13)11-16(8-9-23-4,14(19)21-2)18-15(20)22-3/h5-7,10H,8-9,11H2,2-4H3,(H,18,20);5-7,10H,8-9,11H2,2-4H3,(H,18,20). The number of thioether (sulfide) groups is 1. The molecule has 0 bridgehead atoms. The Labute approximate surface area is 285 Å². The number of hydrogen-bond acceptors (Lipinski definition) is 11. The van der Waals surface area contributed by atoms with Gasteiger partial charge in [0.15, 0.2) is 11.4 Å². The fourth-order valence-electron chi connectivity index (χ4n) is 4.53. The first-order valence-corrected chi connectivity index (χ1v) is 17.6. The molecule has 0 heterocycles. The van der Waals surface area contributed by atoms with Crippen molar-refractivity contribution in [1.29, 1.82) is 0 Å². The Morgan fingerprint density at radius 1 is 0.750 bits per heavy atom. The van der Waals surface area contributed by atoms with Gasteiger partial charge in [-0.15, -0.1) is 0 Å². The van der Waals surface area contributed by atoms with Crippen LogP contribution in [-0.2, 0) is 51.2 Å². The molecule has 2 aromatic rings. The molecule has 2 N–H and O–H groups in total. The lowest BCUT2D eigenvalue weighted by molar-refractivity contribution is -0.149. The van der Waals surface area contributed by atoms with E-state index in [1.807, 2.05) is 12.3 Å². The predicted molar refractivity (Wildman–Crippen MR) is 181 cm³/mol. The van der Waals surface area contributed by atoms with E-state index >= 15 is 0 Å². The van der Waals surface area contributed by atoms with Crippen molar-refractivity contribution in [3.63, 3.8) is 0 Å². The summed E-state index contributed by atoms with van der Waals surface area (Å²) in [4.78, 5) is 55.0. The quantitative estimate of drug-likeness (QED) is 0.163. The maximum Gasteiger partial charge on any atom is 0.407 e. The van der Waals surface area contributed by atoms with Gasteiger partial charge in [0.1, 0.15) is 20.9 Å². The highest BCUT2D eigenvalue weighted by Crippen LogP contribution is 2.26. The Morgan fingerprint density at radius 3 is 1.50 bits per heavy atom. The van der Waals surface area contributed by atoms with Crippen LogP contribution in [0, 0.1) is 13.1 Å². The van der Waals surface area contributed by atoms with Crippen LogP contribution in [0.4, 0.5) is 21.0 Å². The van der Waals surface area contributed by atoms with Crippen LogP contribution in [0.15, 0.2) is 48.5 Å². The number of benzene rings is 2. The molecule has 2 atom stereocenters. The first kappa shape index (κ1) is 41.2. The predicted octanol–water partition coefficient (Wildman–Crippen LogP) is 4.28. The Morgan fingerprint density at radius 2 is 1.17 bits per heavy atom.